The van der Waals surface area contributed by atoms with E-state index < -0.39 is 0 Å². The van der Waals surface area contributed by atoms with E-state index >= 15 is 0 Å². The highest BCUT2D eigenvalue weighted by Crippen LogP contribution is 2.37. The quantitative estimate of drug-likeness (QED) is 0.915. The van der Waals surface area contributed by atoms with Crippen molar-refractivity contribution >= 4 is 0 Å². The largest absolute Gasteiger partial charge is 0.486 e. The Kier molecular flexibility index (Phi) is 4.10. The summed E-state index contributed by atoms with van der Waals surface area (Å²) in [5, 5.41) is 7.71. The molecular formula is C16H21N3O2. The van der Waals surface area contributed by atoms with Crippen LogP contribution in [-0.2, 0) is 13.0 Å². The van der Waals surface area contributed by atoms with Crippen LogP contribution < -0.4 is 14.8 Å². The number of likely N-dealkylation sites (N-methyl/N-ethyl adjacent to an activating group) is 1. The number of rotatable bonds is 5. The average molecular weight is 287 g/mol. The summed E-state index contributed by atoms with van der Waals surface area (Å²) in [6.07, 6.45) is 4.90. The lowest BCUT2D eigenvalue weighted by Crippen LogP contribution is -2.22. The molecule has 1 aromatic heterocycles. The summed E-state index contributed by atoms with van der Waals surface area (Å²) >= 11 is 0. The van der Waals surface area contributed by atoms with Crippen molar-refractivity contribution in [3.8, 4) is 11.5 Å². The maximum absolute atomic E-state index is 5.82. The molecule has 5 nitrogen and oxygen atoms in total. The Morgan fingerprint density at radius 2 is 2.19 bits per heavy atom. The lowest BCUT2D eigenvalue weighted by molar-refractivity contribution is 0.168. The van der Waals surface area contributed by atoms with Gasteiger partial charge in [0.25, 0.3) is 0 Å². The minimum Gasteiger partial charge on any atom is -0.486 e. The van der Waals surface area contributed by atoms with Gasteiger partial charge in [-0.2, -0.15) is 5.10 Å². The summed E-state index contributed by atoms with van der Waals surface area (Å²) in [7, 11) is 1.97. The maximum Gasteiger partial charge on any atom is 0.166 e. The number of para-hydroxylation sites is 1. The van der Waals surface area contributed by atoms with Gasteiger partial charge in [0.1, 0.15) is 13.2 Å². The third-order valence-electron chi connectivity index (χ3n) is 3.77. The van der Waals surface area contributed by atoms with Crippen LogP contribution in [-0.4, -0.2) is 30.0 Å². The molecule has 1 aromatic carbocycles. The van der Waals surface area contributed by atoms with Crippen LogP contribution in [0.15, 0.2) is 30.6 Å². The molecule has 112 valence electrons. The van der Waals surface area contributed by atoms with Crippen LogP contribution in [0.4, 0.5) is 0 Å². The number of fused-ring (bicyclic) bond motifs is 1. The van der Waals surface area contributed by atoms with Crippen molar-refractivity contribution in [2.75, 3.05) is 20.3 Å². The summed E-state index contributed by atoms with van der Waals surface area (Å²) in [6, 6.07) is 6.25. The number of aromatic nitrogens is 2. The van der Waals surface area contributed by atoms with E-state index in [2.05, 4.69) is 29.6 Å². The van der Waals surface area contributed by atoms with Crippen molar-refractivity contribution in [3.63, 3.8) is 0 Å². The fourth-order valence-corrected chi connectivity index (χ4v) is 2.66. The predicted molar refractivity (Wildman–Crippen MR) is 80.8 cm³/mol. The zero-order chi connectivity index (χ0) is 14.7. The van der Waals surface area contributed by atoms with Gasteiger partial charge in [-0.3, -0.25) is 4.68 Å². The Balaban J connectivity index is 1.86. The molecule has 5 heteroatoms. The topological polar surface area (TPSA) is 48.3 Å². The van der Waals surface area contributed by atoms with Gasteiger partial charge in [-0.05, 0) is 32.0 Å². The molecule has 0 bridgehead atoms. The summed E-state index contributed by atoms with van der Waals surface area (Å²) in [6.45, 7) is 4.20. The predicted octanol–water partition coefficient (Wildman–Crippen LogP) is 2.18. The zero-order valence-electron chi connectivity index (χ0n) is 12.5. The molecule has 2 heterocycles. The number of aryl methyl sites for hydroxylation is 1. The third-order valence-corrected chi connectivity index (χ3v) is 3.77. The van der Waals surface area contributed by atoms with Crippen molar-refractivity contribution < 1.29 is 9.47 Å². The van der Waals surface area contributed by atoms with Gasteiger partial charge < -0.3 is 14.8 Å². The van der Waals surface area contributed by atoms with Crippen molar-refractivity contribution in [2.24, 2.45) is 0 Å². The molecule has 1 N–H and O–H groups in total. The summed E-state index contributed by atoms with van der Waals surface area (Å²) in [5.74, 6) is 1.70. The van der Waals surface area contributed by atoms with Gasteiger partial charge >= 0.3 is 0 Å². The summed E-state index contributed by atoms with van der Waals surface area (Å²) in [4.78, 5) is 0. The van der Waals surface area contributed by atoms with E-state index in [1.807, 2.05) is 30.1 Å². The maximum atomic E-state index is 5.82. The molecule has 1 atom stereocenters. The first-order chi connectivity index (χ1) is 10.3. The second-order valence-corrected chi connectivity index (χ2v) is 5.12. The first kappa shape index (κ1) is 13.9. The fraction of sp³-hybridized carbons (Fsp3) is 0.438. The van der Waals surface area contributed by atoms with Gasteiger partial charge in [0, 0.05) is 24.3 Å². The fourth-order valence-electron chi connectivity index (χ4n) is 2.66. The SMILES string of the molecule is CCn1cc(CC(NC)c2cccc3c2OCCO3)cn1. The van der Waals surface area contributed by atoms with Crippen LogP contribution in [0.5, 0.6) is 11.5 Å². The van der Waals surface area contributed by atoms with Gasteiger partial charge in [0.2, 0.25) is 0 Å². The molecule has 0 saturated carbocycles. The first-order valence-corrected chi connectivity index (χ1v) is 7.39. The normalized spacial score (nSPS) is 15.0. The van der Waals surface area contributed by atoms with Crippen LogP contribution >= 0.6 is 0 Å². The molecule has 0 spiro atoms. The van der Waals surface area contributed by atoms with Crippen LogP contribution in [0, 0.1) is 0 Å². The molecule has 3 rings (SSSR count). The molecule has 0 fully saturated rings. The van der Waals surface area contributed by atoms with Gasteiger partial charge in [0.05, 0.1) is 6.20 Å². The second-order valence-electron chi connectivity index (χ2n) is 5.12. The zero-order valence-corrected chi connectivity index (χ0v) is 12.5. The van der Waals surface area contributed by atoms with Gasteiger partial charge in [-0.1, -0.05) is 12.1 Å². The van der Waals surface area contributed by atoms with E-state index in [1.54, 1.807) is 0 Å². The number of hydrogen-bond donors (Lipinski definition) is 1. The van der Waals surface area contributed by atoms with Crippen LogP contribution in [0.2, 0.25) is 0 Å². The Bertz CT molecular complexity index is 609. The van der Waals surface area contributed by atoms with Crippen LogP contribution in [0.3, 0.4) is 0 Å². The molecule has 0 amide bonds. The van der Waals surface area contributed by atoms with Crippen molar-refractivity contribution in [3.05, 3.63) is 41.7 Å². The molecule has 21 heavy (non-hydrogen) atoms. The lowest BCUT2D eigenvalue weighted by Gasteiger charge is -2.25. The lowest BCUT2D eigenvalue weighted by atomic mass is 9.99. The number of nitrogens with zero attached hydrogens (tertiary/aromatic N) is 2. The highest BCUT2D eigenvalue weighted by atomic mass is 16.6. The molecule has 1 unspecified atom stereocenters. The number of nitrogens with one attached hydrogen (secondary N) is 1. The Hall–Kier alpha value is -2.01. The molecule has 0 saturated heterocycles. The molecule has 1 aliphatic heterocycles. The summed E-state index contributed by atoms with van der Waals surface area (Å²) < 4.78 is 13.4. The monoisotopic (exact) mass is 287 g/mol. The first-order valence-electron chi connectivity index (χ1n) is 7.39. The summed E-state index contributed by atoms with van der Waals surface area (Å²) in [5.41, 5.74) is 2.35. The average Bonchev–Trinajstić information content (AvgIpc) is 3.00. The molecule has 2 aromatic rings. The highest BCUT2D eigenvalue weighted by molar-refractivity contribution is 5.49. The number of ether oxygens (including phenoxy) is 2. The molecular weight excluding hydrogens is 266 g/mol. The van der Waals surface area contributed by atoms with E-state index in [0.717, 1.165) is 30.0 Å². The van der Waals surface area contributed by atoms with Crippen molar-refractivity contribution in [1.82, 2.24) is 15.1 Å². The second kappa shape index (κ2) is 6.18. The molecule has 0 radical (unpaired) electrons. The Morgan fingerprint density at radius 1 is 1.33 bits per heavy atom. The van der Waals surface area contributed by atoms with E-state index in [9.17, 15) is 0 Å². The minimum absolute atomic E-state index is 0.177. The van der Waals surface area contributed by atoms with Gasteiger partial charge in [-0.25, -0.2) is 0 Å². The molecule has 0 aliphatic carbocycles. The van der Waals surface area contributed by atoms with E-state index in [4.69, 9.17) is 9.47 Å². The number of benzene rings is 1. The highest BCUT2D eigenvalue weighted by Gasteiger charge is 2.21. The van der Waals surface area contributed by atoms with Crippen LogP contribution in [0.1, 0.15) is 24.1 Å². The standard InChI is InChI=1S/C16H21N3O2/c1-3-19-11-12(10-18-19)9-14(17-2)13-5-4-6-15-16(13)21-8-7-20-15/h4-6,10-11,14,17H,3,7-9H2,1-2H3. The van der Waals surface area contributed by atoms with E-state index in [-0.39, 0.29) is 6.04 Å². The number of hydrogen-bond acceptors (Lipinski definition) is 4. The third kappa shape index (κ3) is 2.88. The van der Waals surface area contributed by atoms with Crippen molar-refractivity contribution in [1.29, 1.82) is 0 Å². The molecule has 1 aliphatic rings. The Morgan fingerprint density at radius 3 is 2.95 bits per heavy atom. The smallest absolute Gasteiger partial charge is 0.166 e. The van der Waals surface area contributed by atoms with Crippen molar-refractivity contribution in [2.45, 2.75) is 25.9 Å². The van der Waals surface area contributed by atoms with Gasteiger partial charge in [0.15, 0.2) is 11.5 Å². The van der Waals surface area contributed by atoms with E-state index in [1.165, 1.54) is 5.56 Å². The van der Waals surface area contributed by atoms with Crippen LogP contribution in [0.25, 0.3) is 0 Å². The van der Waals surface area contributed by atoms with E-state index in [0.29, 0.717) is 13.2 Å². The van der Waals surface area contributed by atoms with Gasteiger partial charge in [-0.15, -0.1) is 0 Å². The minimum atomic E-state index is 0.177. The Labute approximate surface area is 124 Å².